The largest absolute Gasteiger partial charge is 0.382 e. The fourth-order valence-electron chi connectivity index (χ4n) is 2.20. The molecule has 7 heteroatoms. The van der Waals surface area contributed by atoms with Crippen molar-refractivity contribution in [2.24, 2.45) is 5.92 Å². The van der Waals surface area contributed by atoms with Crippen molar-refractivity contribution in [3.05, 3.63) is 0 Å². The van der Waals surface area contributed by atoms with E-state index in [1.165, 1.54) is 0 Å². The number of rotatable bonds is 6. The molecule has 0 bridgehead atoms. The van der Waals surface area contributed by atoms with Crippen molar-refractivity contribution in [3.8, 4) is 0 Å². The lowest BCUT2D eigenvalue weighted by Crippen LogP contribution is -2.19. The lowest BCUT2D eigenvalue weighted by molar-refractivity contribution is 0.539. The van der Waals surface area contributed by atoms with Crippen molar-refractivity contribution in [2.45, 2.75) is 56.2 Å². The topological polar surface area (TPSA) is 85.1 Å². The Morgan fingerprint density at radius 2 is 2.05 bits per heavy atom. The summed E-state index contributed by atoms with van der Waals surface area (Å²) in [7, 11) is -3.30. The Morgan fingerprint density at radius 1 is 1.42 bits per heavy atom. The average molecular weight is 303 g/mol. The predicted molar refractivity (Wildman–Crippen MR) is 79.3 cm³/mol. The molecule has 1 aliphatic rings. The highest BCUT2D eigenvalue weighted by atomic mass is 32.2. The van der Waals surface area contributed by atoms with Crippen LogP contribution in [-0.4, -0.2) is 24.1 Å². The van der Waals surface area contributed by atoms with Crippen molar-refractivity contribution in [1.29, 1.82) is 0 Å². The van der Waals surface area contributed by atoms with Crippen LogP contribution in [0.3, 0.4) is 0 Å². The van der Waals surface area contributed by atoms with Crippen molar-refractivity contribution in [3.63, 3.8) is 0 Å². The Balaban J connectivity index is 2.23. The standard InChI is InChI=1S/C12H21N3O2S2/c1-7(2)6-8(3)14-12-10(11(13)15-18-12)19(16,17)9-4-5-9/h7-9,14H,4-6H2,1-3H3,(H2,13,15). The van der Waals surface area contributed by atoms with Crippen LogP contribution in [-0.2, 0) is 9.84 Å². The molecule has 0 saturated heterocycles. The van der Waals surface area contributed by atoms with Gasteiger partial charge in [0.1, 0.15) is 9.90 Å². The van der Waals surface area contributed by atoms with Crippen LogP contribution in [0.4, 0.5) is 10.8 Å². The molecule has 1 heterocycles. The van der Waals surface area contributed by atoms with Gasteiger partial charge in [-0.15, -0.1) is 0 Å². The highest BCUT2D eigenvalue weighted by molar-refractivity contribution is 7.92. The van der Waals surface area contributed by atoms with Gasteiger partial charge in [-0.2, -0.15) is 4.37 Å². The SMILES string of the molecule is CC(C)CC(C)Nc1snc(N)c1S(=O)(=O)C1CC1. The molecule has 0 aromatic carbocycles. The number of nitrogens with zero attached hydrogens (tertiary/aromatic N) is 1. The van der Waals surface area contributed by atoms with Gasteiger partial charge in [0.15, 0.2) is 15.7 Å². The lowest BCUT2D eigenvalue weighted by Gasteiger charge is -2.16. The third kappa shape index (κ3) is 3.20. The molecule has 19 heavy (non-hydrogen) atoms. The monoisotopic (exact) mass is 303 g/mol. The molecule has 3 N–H and O–H groups in total. The number of nitrogens with two attached hydrogens (primary N) is 1. The first-order valence-electron chi connectivity index (χ1n) is 6.58. The fourth-order valence-corrected chi connectivity index (χ4v) is 5.18. The molecule has 0 spiro atoms. The number of hydrogen-bond donors (Lipinski definition) is 2. The first-order chi connectivity index (χ1) is 8.82. The third-order valence-corrected chi connectivity index (χ3v) is 6.38. The number of sulfone groups is 1. The average Bonchev–Trinajstić information content (AvgIpc) is 3.04. The van der Waals surface area contributed by atoms with Gasteiger partial charge in [-0.1, -0.05) is 13.8 Å². The first-order valence-corrected chi connectivity index (χ1v) is 8.90. The minimum absolute atomic E-state index is 0.135. The van der Waals surface area contributed by atoms with Gasteiger partial charge in [0.05, 0.1) is 5.25 Å². The molecule has 1 unspecified atom stereocenters. The summed E-state index contributed by atoms with van der Waals surface area (Å²) in [5, 5.41) is 3.59. The van der Waals surface area contributed by atoms with E-state index in [2.05, 4.69) is 23.5 Å². The molecule has 1 atom stereocenters. The fraction of sp³-hybridized carbons (Fsp3) is 0.750. The minimum Gasteiger partial charge on any atom is -0.382 e. The second kappa shape index (κ2) is 5.28. The molecular formula is C12H21N3O2S2. The molecule has 1 aliphatic carbocycles. The van der Waals surface area contributed by atoms with Crippen molar-refractivity contribution < 1.29 is 8.42 Å². The number of anilines is 2. The van der Waals surface area contributed by atoms with Crippen molar-refractivity contribution >= 4 is 32.2 Å². The zero-order valence-corrected chi connectivity index (χ0v) is 13.1. The van der Waals surface area contributed by atoms with Crippen molar-refractivity contribution in [1.82, 2.24) is 4.37 Å². The van der Waals surface area contributed by atoms with Crippen LogP contribution in [0.25, 0.3) is 0 Å². The summed E-state index contributed by atoms with van der Waals surface area (Å²) in [6, 6.07) is 0.202. The maximum absolute atomic E-state index is 12.3. The van der Waals surface area contributed by atoms with Crippen LogP contribution in [0.15, 0.2) is 4.90 Å². The Bertz CT molecular complexity index is 547. The van der Waals surface area contributed by atoms with Crippen LogP contribution in [0, 0.1) is 5.92 Å². The van der Waals surface area contributed by atoms with Gasteiger partial charge < -0.3 is 11.1 Å². The normalized spacial score (nSPS) is 17.7. The minimum atomic E-state index is -3.30. The second-order valence-electron chi connectivity index (χ2n) is 5.65. The maximum Gasteiger partial charge on any atom is 0.187 e. The highest BCUT2D eigenvalue weighted by Gasteiger charge is 2.40. The summed E-state index contributed by atoms with van der Waals surface area (Å²) in [4.78, 5) is 0.218. The zero-order valence-electron chi connectivity index (χ0n) is 11.5. The van der Waals surface area contributed by atoms with Crippen LogP contribution in [0.1, 0.15) is 40.0 Å². The van der Waals surface area contributed by atoms with E-state index in [9.17, 15) is 8.42 Å². The van der Waals surface area contributed by atoms with Gasteiger partial charge in [-0.05, 0) is 43.6 Å². The predicted octanol–water partition coefficient (Wildman–Crippen LogP) is 2.51. The summed E-state index contributed by atoms with van der Waals surface area (Å²) in [6.45, 7) is 6.32. The Morgan fingerprint density at radius 3 is 2.58 bits per heavy atom. The molecular weight excluding hydrogens is 282 g/mol. The molecule has 1 saturated carbocycles. The molecule has 1 fully saturated rings. The molecule has 0 radical (unpaired) electrons. The molecule has 1 aromatic heterocycles. The van der Waals surface area contributed by atoms with Crippen LogP contribution in [0.5, 0.6) is 0 Å². The Hall–Kier alpha value is -0.820. The molecule has 1 aromatic rings. The van der Waals surface area contributed by atoms with Gasteiger partial charge in [0, 0.05) is 6.04 Å². The summed E-state index contributed by atoms with van der Waals surface area (Å²) < 4.78 is 28.7. The van der Waals surface area contributed by atoms with E-state index in [0.29, 0.717) is 10.9 Å². The van der Waals surface area contributed by atoms with E-state index < -0.39 is 9.84 Å². The first kappa shape index (κ1) is 14.6. The lowest BCUT2D eigenvalue weighted by atomic mass is 10.1. The van der Waals surface area contributed by atoms with E-state index in [-0.39, 0.29) is 22.0 Å². The smallest absolute Gasteiger partial charge is 0.187 e. The number of hydrogen-bond acceptors (Lipinski definition) is 6. The summed E-state index contributed by atoms with van der Waals surface area (Å²) in [6.07, 6.45) is 2.44. The molecule has 5 nitrogen and oxygen atoms in total. The van der Waals surface area contributed by atoms with Gasteiger partial charge in [-0.3, -0.25) is 0 Å². The van der Waals surface area contributed by atoms with E-state index >= 15 is 0 Å². The van der Waals surface area contributed by atoms with E-state index in [4.69, 9.17) is 5.73 Å². The zero-order chi connectivity index (χ0) is 14.2. The summed E-state index contributed by atoms with van der Waals surface area (Å²) in [5.74, 6) is 0.687. The molecule has 108 valence electrons. The van der Waals surface area contributed by atoms with Gasteiger partial charge in [-0.25, -0.2) is 8.42 Å². The molecule has 2 rings (SSSR count). The van der Waals surface area contributed by atoms with Crippen molar-refractivity contribution in [2.75, 3.05) is 11.1 Å². The van der Waals surface area contributed by atoms with Crippen LogP contribution >= 0.6 is 11.5 Å². The molecule has 0 amide bonds. The Labute approximate surface area is 118 Å². The quantitative estimate of drug-likeness (QED) is 0.843. The van der Waals surface area contributed by atoms with Crippen LogP contribution < -0.4 is 11.1 Å². The third-order valence-electron chi connectivity index (χ3n) is 3.12. The van der Waals surface area contributed by atoms with Gasteiger partial charge in [0.2, 0.25) is 0 Å². The summed E-state index contributed by atoms with van der Waals surface area (Å²) >= 11 is 1.14. The van der Waals surface area contributed by atoms with E-state index in [0.717, 1.165) is 30.8 Å². The van der Waals surface area contributed by atoms with E-state index in [1.807, 2.05) is 6.92 Å². The number of nitrogens with one attached hydrogen (secondary N) is 1. The highest BCUT2D eigenvalue weighted by Crippen LogP contribution is 2.41. The molecule has 0 aliphatic heterocycles. The number of nitrogen functional groups attached to an aromatic ring is 1. The van der Waals surface area contributed by atoms with E-state index in [1.54, 1.807) is 0 Å². The van der Waals surface area contributed by atoms with Gasteiger partial charge in [0.25, 0.3) is 0 Å². The number of aromatic nitrogens is 1. The maximum atomic E-state index is 12.3. The van der Waals surface area contributed by atoms with Gasteiger partial charge >= 0.3 is 0 Å². The second-order valence-corrected chi connectivity index (χ2v) is 8.58. The summed E-state index contributed by atoms with van der Waals surface area (Å²) in [5.41, 5.74) is 5.75. The Kier molecular flexibility index (Phi) is 4.06. The van der Waals surface area contributed by atoms with Crippen LogP contribution in [0.2, 0.25) is 0 Å².